The van der Waals surface area contributed by atoms with Crippen molar-refractivity contribution in [3.63, 3.8) is 0 Å². The Morgan fingerprint density at radius 3 is 2.57 bits per heavy atom. The van der Waals surface area contributed by atoms with Crippen LogP contribution >= 0.6 is 24.0 Å². The van der Waals surface area contributed by atoms with Gasteiger partial charge in [0.05, 0.1) is 12.7 Å². The molecule has 0 bridgehead atoms. The molecule has 0 spiro atoms. The lowest BCUT2D eigenvalue weighted by Gasteiger charge is -2.12. The zero-order chi connectivity index (χ0) is 19.1. The number of aliphatic imine (C=N–C) groups is 1. The molecule has 1 heterocycles. The Labute approximate surface area is 181 Å². The number of carbonyl (C=O) groups excluding carboxylic acids is 1. The van der Waals surface area contributed by atoms with Gasteiger partial charge < -0.3 is 20.4 Å². The van der Waals surface area contributed by atoms with E-state index in [0.717, 1.165) is 30.0 Å². The Hall–Kier alpha value is -2.55. The van der Waals surface area contributed by atoms with Crippen molar-refractivity contribution in [1.29, 1.82) is 0 Å². The van der Waals surface area contributed by atoms with Crippen LogP contribution in [0.4, 0.5) is 0 Å². The Morgan fingerprint density at radius 1 is 1.11 bits per heavy atom. The lowest BCUT2D eigenvalue weighted by Crippen LogP contribution is -2.37. The van der Waals surface area contributed by atoms with Gasteiger partial charge in [-0.3, -0.25) is 4.99 Å². The number of benzene rings is 2. The number of H-pyrrole nitrogens is 1. The number of aromatic nitrogens is 1. The quantitative estimate of drug-likeness (QED) is 0.213. The van der Waals surface area contributed by atoms with Crippen LogP contribution in [0.3, 0.4) is 0 Å². The van der Waals surface area contributed by atoms with E-state index in [1.54, 1.807) is 19.2 Å². The fraction of sp³-hybridized carbons (Fsp3) is 0.238. The Bertz CT molecular complexity index is 935. The number of nitrogens with zero attached hydrogens (tertiary/aromatic N) is 1. The number of carbonyl (C=O) groups is 1. The second-order valence-electron chi connectivity index (χ2n) is 6.15. The van der Waals surface area contributed by atoms with Gasteiger partial charge in [0, 0.05) is 37.2 Å². The topological polar surface area (TPSA) is 78.5 Å². The normalized spacial score (nSPS) is 11.0. The second kappa shape index (κ2) is 10.7. The molecule has 7 heteroatoms. The number of nitrogens with one attached hydrogen (secondary N) is 3. The zero-order valence-electron chi connectivity index (χ0n) is 16.0. The van der Waals surface area contributed by atoms with Gasteiger partial charge in [-0.2, -0.15) is 0 Å². The van der Waals surface area contributed by atoms with Crippen molar-refractivity contribution in [3.8, 4) is 0 Å². The van der Waals surface area contributed by atoms with Gasteiger partial charge >= 0.3 is 5.97 Å². The highest BCUT2D eigenvalue weighted by atomic mass is 127. The molecule has 3 N–H and O–H groups in total. The van der Waals surface area contributed by atoms with Gasteiger partial charge in [0.25, 0.3) is 0 Å². The third kappa shape index (κ3) is 5.48. The average molecular weight is 492 g/mol. The van der Waals surface area contributed by atoms with Gasteiger partial charge in [-0.1, -0.05) is 30.3 Å². The standard InChI is InChI=1S/C21H24N4O2.HI/c1-22-21(25-13-15-7-9-16(10-8-15)20(26)27-2)23-12-11-17-14-24-19-6-4-3-5-18(17)19;/h3-10,14,24H,11-13H2,1-2H3,(H2,22,23,25);1H. The van der Waals surface area contributed by atoms with E-state index < -0.39 is 0 Å². The highest BCUT2D eigenvalue weighted by molar-refractivity contribution is 14.0. The molecule has 0 aliphatic carbocycles. The van der Waals surface area contributed by atoms with Crippen molar-refractivity contribution in [3.05, 3.63) is 71.4 Å². The number of methoxy groups -OCH3 is 1. The molecule has 0 amide bonds. The summed E-state index contributed by atoms with van der Waals surface area (Å²) in [6.45, 7) is 1.40. The summed E-state index contributed by atoms with van der Waals surface area (Å²) >= 11 is 0. The summed E-state index contributed by atoms with van der Waals surface area (Å²) in [6.07, 6.45) is 2.96. The molecule has 0 atom stereocenters. The second-order valence-corrected chi connectivity index (χ2v) is 6.15. The van der Waals surface area contributed by atoms with Crippen LogP contribution in [0, 0.1) is 0 Å². The summed E-state index contributed by atoms with van der Waals surface area (Å²) in [4.78, 5) is 19.0. The Morgan fingerprint density at radius 2 is 1.86 bits per heavy atom. The molecule has 0 saturated heterocycles. The predicted octanol–water partition coefficient (Wildman–Crippen LogP) is 3.48. The van der Waals surface area contributed by atoms with Crippen LogP contribution in [-0.2, 0) is 17.7 Å². The van der Waals surface area contributed by atoms with Crippen LogP contribution in [0.1, 0.15) is 21.5 Å². The summed E-state index contributed by atoms with van der Waals surface area (Å²) < 4.78 is 4.71. The van der Waals surface area contributed by atoms with E-state index in [4.69, 9.17) is 4.74 Å². The molecule has 148 valence electrons. The van der Waals surface area contributed by atoms with E-state index in [0.29, 0.717) is 12.1 Å². The highest BCUT2D eigenvalue weighted by Gasteiger charge is 2.06. The van der Waals surface area contributed by atoms with Gasteiger partial charge in [-0.25, -0.2) is 4.79 Å². The van der Waals surface area contributed by atoms with E-state index >= 15 is 0 Å². The summed E-state index contributed by atoms with van der Waals surface area (Å²) in [5.74, 6) is 0.413. The molecule has 0 aliphatic rings. The monoisotopic (exact) mass is 492 g/mol. The minimum atomic E-state index is -0.329. The van der Waals surface area contributed by atoms with Crippen LogP contribution in [0.5, 0.6) is 0 Å². The largest absolute Gasteiger partial charge is 0.465 e. The first kappa shape index (κ1) is 21.7. The van der Waals surface area contributed by atoms with Crippen LogP contribution in [0.15, 0.2) is 59.7 Å². The molecule has 1 aromatic heterocycles. The maximum atomic E-state index is 11.5. The van der Waals surface area contributed by atoms with Gasteiger partial charge in [-0.15, -0.1) is 24.0 Å². The highest BCUT2D eigenvalue weighted by Crippen LogP contribution is 2.17. The van der Waals surface area contributed by atoms with Crippen molar-refractivity contribution in [2.45, 2.75) is 13.0 Å². The number of aromatic amines is 1. The number of guanidine groups is 1. The molecular formula is C21H25IN4O2. The van der Waals surface area contributed by atoms with E-state index in [9.17, 15) is 4.79 Å². The van der Waals surface area contributed by atoms with Crippen LogP contribution in [-0.4, -0.2) is 37.6 Å². The summed E-state index contributed by atoms with van der Waals surface area (Å²) in [5.41, 5.74) is 4.04. The Kier molecular flexibility index (Phi) is 8.31. The molecule has 0 unspecified atom stereocenters. The fourth-order valence-electron chi connectivity index (χ4n) is 2.94. The zero-order valence-corrected chi connectivity index (χ0v) is 18.3. The van der Waals surface area contributed by atoms with Crippen molar-refractivity contribution >= 4 is 46.8 Å². The maximum absolute atomic E-state index is 11.5. The first-order chi connectivity index (χ1) is 13.2. The van der Waals surface area contributed by atoms with Crippen molar-refractivity contribution in [2.24, 2.45) is 4.99 Å². The van der Waals surface area contributed by atoms with Crippen LogP contribution in [0.2, 0.25) is 0 Å². The minimum absolute atomic E-state index is 0. The SMILES string of the molecule is CN=C(NCCc1c[nH]c2ccccc12)NCc1ccc(C(=O)OC)cc1.I. The molecule has 0 saturated carbocycles. The summed E-state index contributed by atoms with van der Waals surface area (Å²) in [5, 5.41) is 7.87. The molecular weight excluding hydrogens is 467 g/mol. The van der Waals surface area contributed by atoms with E-state index in [2.05, 4.69) is 45.0 Å². The molecule has 0 fully saturated rings. The number of fused-ring (bicyclic) bond motifs is 1. The van der Waals surface area contributed by atoms with Gasteiger partial charge in [0.1, 0.15) is 0 Å². The fourth-order valence-corrected chi connectivity index (χ4v) is 2.94. The van der Waals surface area contributed by atoms with E-state index in [-0.39, 0.29) is 29.9 Å². The molecule has 2 aromatic carbocycles. The number of ether oxygens (including phenoxy) is 1. The smallest absolute Gasteiger partial charge is 0.337 e. The molecule has 28 heavy (non-hydrogen) atoms. The predicted molar refractivity (Wildman–Crippen MR) is 123 cm³/mol. The molecule has 0 aliphatic heterocycles. The molecule has 3 aromatic rings. The van der Waals surface area contributed by atoms with E-state index in [1.807, 2.05) is 18.2 Å². The maximum Gasteiger partial charge on any atom is 0.337 e. The lowest BCUT2D eigenvalue weighted by atomic mass is 10.1. The lowest BCUT2D eigenvalue weighted by molar-refractivity contribution is 0.0600. The number of para-hydroxylation sites is 1. The summed E-state index contributed by atoms with van der Waals surface area (Å²) in [6, 6.07) is 15.6. The van der Waals surface area contributed by atoms with Crippen LogP contribution < -0.4 is 10.6 Å². The first-order valence-corrected chi connectivity index (χ1v) is 8.88. The van der Waals surface area contributed by atoms with E-state index in [1.165, 1.54) is 18.1 Å². The van der Waals surface area contributed by atoms with Crippen molar-refractivity contribution < 1.29 is 9.53 Å². The number of esters is 1. The molecule has 0 radical (unpaired) electrons. The van der Waals surface area contributed by atoms with Gasteiger partial charge in [-0.05, 0) is 35.7 Å². The number of hydrogen-bond acceptors (Lipinski definition) is 3. The van der Waals surface area contributed by atoms with Crippen LogP contribution in [0.25, 0.3) is 10.9 Å². The molecule has 3 rings (SSSR count). The number of halogens is 1. The van der Waals surface area contributed by atoms with Gasteiger partial charge in [0.15, 0.2) is 5.96 Å². The minimum Gasteiger partial charge on any atom is -0.465 e. The third-order valence-corrected chi connectivity index (χ3v) is 4.42. The summed E-state index contributed by atoms with van der Waals surface area (Å²) in [7, 11) is 3.13. The first-order valence-electron chi connectivity index (χ1n) is 8.88. The number of hydrogen-bond donors (Lipinski definition) is 3. The Balaban J connectivity index is 0.00000280. The third-order valence-electron chi connectivity index (χ3n) is 4.42. The van der Waals surface area contributed by atoms with Crippen molar-refractivity contribution in [1.82, 2.24) is 15.6 Å². The van der Waals surface area contributed by atoms with Gasteiger partial charge in [0.2, 0.25) is 0 Å². The average Bonchev–Trinajstić information content (AvgIpc) is 3.13. The van der Waals surface area contributed by atoms with Crippen molar-refractivity contribution in [2.75, 3.05) is 20.7 Å². The number of rotatable bonds is 6. The molecule has 6 nitrogen and oxygen atoms in total.